The largest absolute Gasteiger partial charge is 0.493 e. The Morgan fingerprint density at radius 3 is 2.43 bits per heavy atom. The van der Waals surface area contributed by atoms with Crippen molar-refractivity contribution in [3.05, 3.63) is 58.3 Å². The third-order valence-electron chi connectivity index (χ3n) is 3.82. The maximum Gasteiger partial charge on any atom is 0.232 e. The molecule has 4 heteroatoms. The highest BCUT2D eigenvalue weighted by molar-refractivity contribution is 6.15. The third kappa shape index (κ3) is 2.68. The van der Waals surface area contributed by atoms with Gasteiger partial charge in [0.2, 0.25) is 5.78 Å². The fraction of sp³-hybridized carbons (Fsp3) is 0.211. The number of allylic oxidation sites excluding steroid dienone is 1. The maximum atomic E-state index is 12.6. The Morgan fingerprint density at radius 1 is 1.00 bits per heavy atom. The van der Waals surface area contributed by atoms with Gasteiger partial charge in [0.05, 0.1) is 19.8 Å². The molecule has 0 atom stereocenters. The predicted molar refractivity (Wildman–Crippen MR) is 88.4 cm³/mol. The molecule has 0 radical (unpaired) electrons. The van der Waals surface area contributed by atoms with Crippen LogP contribution in [0.25, 0.3) is 6.08 Å². The number of fused-ring (bicyclic) bond motifs is 1. The molecule has 4 nitrogen and oxygen atoms in total. The van der Waals surface area contributed by atoms with Gasteiger partial charge in [-0.25, -0.2) is 0 Å². The van der Waals surface area contributed by atoms with E-state index in [0.717, 1.165) is 16.7 Å². The zero-order valence-electron chi connectivity index (χ0n) is 13.6. The van der Waals surface area contributed by atoms with E-state index in [2.05, 4.69) is 0 Å². The van der Waals surface area contributed by atoms with Crippen LogP contribution in [0.5, 0.6) is 17.2 Å². The average molecular weight is 310 g/mol. The number of carbonyl (C=O) groups excluding carboxylic acids is 1. The van der Waals surface area contributed by atoms with Crippen molar-refractivity contribution in [3.8, 4) is 17.2 Å². The average Bonchev–Trinajstić information content (AvgIpc) is 2.83. The molecular weight excluding hydrogens is 292 g/mol. The summed E-state index contributed by atoms with van der Waals surface area (Å²) >= 11 is 0. The summed E-state index contributed by atoms with van der Waals surface area (Å²) in [5.74, 6) is 2.10. The Hall–Kier alpha value is -2.75. The first kappa shape index (κ1) is 15.2. The van der Waals surface area contributed by atoms with Gasteiger partial charge in [-0.2, -0.15) is 0 Å². The van der Waals surface area contributed by atoms with E-state index < -0.39 is 0 Å². The monoisotopic (exact) mass is 310 g/mol. The second-order valence-electron chi connectivity index (χ2n) is 5.51. The Bertz CT molecular complexity index is 818. The first-order chi connectivity index (χ1) is 11.0. The number of rotatable bonds is 3. The topological polar surface area (TPSA) is 44.8 Å². The summed E-state index contributed by atoms with van der Waals surface area (Å²) in [7, 11) is 3.16. The minimum absolute atomic E-state index is 0.0905. The molecule has 0 aromatic heterocycles. The van der Waals surface area contributed by atoms with E-state index in [0.29, 0.717) is 28.6 Å². The third-order valence-corrected chi connectivity index (χ3v) is 3.82. The van der Waals surface area contributed by atoms with E-state index in [-0.39, 0.29) is 5.78 Å². The van der Waals surface area contributed by atoms with Crippen molar-refractivity contribution in [2.45, 2.75) is 13.8 Å². The van der Waals surface area contributed by atoms with Crippen LogP contribution in [0.15, 0.2) is 36.1 Å². The van der Waals surface area contributed by atoms with Gasteiger partial charge in [-0.15, -0.1) is 0 Å². The standard InChI is InChI=1S/C19H18O4/c1-11-7-12(2)18-16(8-11)23-17(19(18)20)10-13-5-6-14(21-3)15(9-13)22-4/h5-10H,1-4H3/b17-10-. The number of ether oxygens (including phenoxy) is 3. The van der Waals surface area contributed by atoms with Crippen LogP contribution in [0.4, 0.5) is 0 Å². The molecule has 118 valence electrons. The van der Waals surface area contributed by atoms with E-state index in [9.17, 15) is 4.79 Å². The van der Waals surface area contributed by atoms with Crippen LogP contribution in [0.2, 0.25) is 0 Å². The molecule has 0 spiro atoms. The van der Waals surface area contributed by atoms with E-state index in [1.54, 1.807) is 26.4 Å². The maximum absolute atomic E-state index is 12.6. The molecule has 0 bridgehead atoms. The SMILES string of the molecule is COc1ccc(/C=C2\Oc3cc(C)cc(C)c3C2=O)cc1OC. The molecule has 1 aliphatic rings. The summed E-state index contributed by atoms with van der Waals surface area (Å²) in [6.07, 6.45) is 1.72. The quantitative estimate of drug-likeness (QED) is 0.806. The predicted octanol–water partition coefficient (Wildman–Crippen LogP) is 3.94. The molecule has 0 saturated carbocycles. The van der Waals surface area contributed by atoms with Gasteiger partial charge in [0, 0.05) is 0 Å². The lowest BCUT2D eigenvalue weighted by atomic mass is 10.0. The lowest BCUT2D eigenvalue weighted by Gasteiger charge is -2.08. The normalized spacial score (nSPS) is 14.6. The zero-order valence-corrected chi connectivity index (χ0v) is 13.6. The van der Waals surface area contributed by atoms with Crippen molar-refractivity contribution in [1.82, 2.24) is 0 Å². The number of benzene rings is 2. The summed E-state index contributed by atoms with van der Waals surface area (Å²) in [4.78, 5) is 12.6. The molecule has 23 heavy (non-hydrogen) atoms. The minimum atomic E-state index is -0.0905. The van der Waals surface area contributed by atoms with Gasteiger partial charge in [-0.05, 0) is 54.8 Å². The Balaban J connectivity index is 1.99. The molecule has 1 heterocycles. The molecule has 2 aromatic rings. The molecule has 0 N–H and O–H groups in total. The molecule has 2 aromatic carbocycles. The highest BCUT2D eigenvalue weighted by atomic mass is 16.5. The lowest BCUT2D eigenvalue weighted by molar-refractivity contribution is 0.101. The number of methoxy groups -OCH3 is 2. The smallest absolute Gasteiger partial charge is 0.232 e. The van der Waals surface area contributed by atoms with E-state index in [1.807, 2.05) is 38.1 Å². The second-order valence-corrected chi connectivity index (χ2v) is 5.51. The van der Waals surface area contributed by atoms with Crippen molar-refractivity contribution >= 4 is 11.9 Å². The fourth-order valence-corrected chi connectivity index (χ4v) is 2.78. The second kappa shape index (κ2) is 5.80. The lowest BCUT2D eigenvalue weighted by Crippen LogP contribution is -2.00. The summed E-state index contributed by atoms with van der Waals surface area (Å²) in [5, 5.41) is 0. The summed E-state index contributed by atoms with van der Waals surface area (Å²) in [6, 6.07) is 9.33. The molecule has 0 unspecified atom stereocenters. The van der Waals surface area contributed by atoms with Gasteiger partial charge in [-0.1, -0.05) is 12.1 Å². The van der Waals surface area contributed by atoms with Crippen LogP contribution in [-0.4, -0.2) is 20.0 Å². The molecule has 0 aliphatic carbocycles. The van der Waals surface area contributed by atoms with E-state index >= 15 is 0 Å². The van der Waals surface area contributed by atoms with Crippen molar-refractivity contribution in [1.29, 1.82) is 0 Å². The number of aryl methyl sites for hydroxylation is 2. The highest BCUT2D eigenvalue weighted by Gasteiger charge is 2.29. The van der Waals surface area contributed by atoms with Crippen LogP contribution in [0, 0.1) is 13.8 Å². The van der Waals surface area contributed by atoms with Crippen LogP contribution < -0.4 is 14.2 Å². The van der Waals surface area contributed by atoms with E-state index in [1.165, 1.54) is 0 Å². The van der Waals surface area contributed by atoms with Crippen LogP contribution in [0.1, 0.15) is 27.0 Å². The van der Waals surface area contributed by atoms with Gasteiger partial charge in [0.1, 0.15) is 5.75 Å². The Kier molecular flexibility index (Phi) is 3.82. The summed E-state index contributed by atoms with van der Waals surface area (Å²) in [6.45, 7) is 3.91. The fourth-order valence-electron chi connectivity index (χ4n) is 2.78. The molecule has 3 rings (SSSR count). The van der Waals surface area contributed by atoms with Gasteiger partial charge in [-0.3, -0.25) is 4.79 Å². The highest BCUT2D eigenvalue weighted by Crippen LogP contribution is 2.36. The van der Waals surface area contributed by atoms with Gasteiger partial charge < -0.3 is 14.2 Å². The number of Topliss-reactive ketones (excluding diaryl/α,β-unsaturated/α-hetero) is 1. The van der Waals surface area contributed by atoms with Gasteiger partial charge in [0.25, 0.3) is 0 Å². The molecular formula is C19H18O4. The van der Waals surface area contributed by atoms with Crippen molar-refractivity contribution in [2.75, 3.05) is 14.2 Å². The van der Waals surface area contributed by atoms with Crippen molar-refractivity contribution in [2.24, 2.45) is 0 Å². The van der Waals surface area contributed by atoms with Crippen LogP contribution >= 0.6 is 0 Å². The zero-order chi connectivity index (χ0) is 16.6. The number of ketones is 1. The van der Waals surface area contributed by atoms with Crippen molar-refractivity contribution < 1.29 is 19.0 Å². The van der Waals surface area contributed by atoms with Crippen molar-refractivity contribution in [3.63, 3.8) is 0 Å². The Morgan fingerprint density at radius 2 is 1.74 bits per heavy atom. The molecule has 0 fully saturated rings. The summed E-state index contributed by atoms with van der Waals surface area (Å²) < 4.78 is 16.3. The minimum Gasteiger partial charge on any atom is -0.493 e. The van der Waals surface area contributed by atoms with Crippen LogP contribution in [0.3, 0.4) is 0 Å². The number of hydrogen-bond donors (Lipinski definition) is 0. The first-order valence-corrected chi connectivity index (χ1v) is 7.31. The first-order valence-electron chi connectivity index (χ1n) is 7.31. The van der Waals surface area contributed by atoms with Gasteiger partial charge in [0.15, 0.2) is 17.3 Å². The van der Waals surface area contributed by atoms with Crippen LogP contribution in [-0.2, 0) is 0 Å². The molecule has 0 amide bonds. The summed E-state index contributed by atoms with van der Waals surface area (Å²) in [5.41, 5.74) is 3.46. The molecule has 0 saturated heterocycles. The number of hydrogen-bond acceptors (Lipinski definition) is 4. The number of carbonyl (C=O) groups is 1. The van der Waals surface area contributed by atoms with E-state index in [4.69, 9.17) is 14.2 Å². The molecule has 1 aliphatic heterocycles. The van der Waals surface area contributed by atoms with Gasteiger partial charge >= 0.3 is 0 Å². The Labute approximate surface area is 135 Å².